The van der Waals surface area contributed by atoms with E-state index in [4.69, 9.17) is 0 Å². The van der Waals surface area contributed by atoms with Gasteiger partial charge in [-0.3, -0.25) is 4.79 Å². The van der Waals surface area contributed by atoms with Crippen LogP contribution in [0.25, 0.3) is 11.1 Å². The molecule has 0 atom stereocenters. The fourth-order valence-corrected chi connectivity index (χ4v) is 4.45. The molecule has 2 aromatic carbocycles. The van der Waals surface area contributed by atoms with Crippen LogP contribution in [0.4, 0.5) is 0 Å². The predicted molar refractivity (Wildman–Crippen MR) is 97.3 cm³/mol. The number of sulfone groups is 1. The van der Waals surface area contributed by atoms with Crippen molar-refractivity contribution >= 4 is 15.8 Å². The van der Waals surface area contributed by atoms with Crippen LogP contribution in [0.2, 0.25) is 0 Å². The van der Waals surface area contributed by atoms with Crippen LogP contribution in [-0.2, 0) is 20.0 Å². The van der Waals surface area contributed by atoms with E-state index < -0.39 is 21.2 Å². The molecule has 0 amide bonds. The third-order valence-corrected chi connectivity index (χ3v) is 6.74. The molecule has 0 radical (unpaired) electrons. The minimum Gasteiger partial charge on any atom is -0.481 e. The van der Waals surface area contributed by atoms with Gasteiger partial charge >= 0.3 is 5.97 Å². The van der Waals surface area contributed by atoms with Gasteiger partial charge in [-0.2, -0.15) is 0 Å². The zero-order chi connectivity index (χ0) is 18.2. The van der Waals surface area contributed by atoms with Gasteiger partial charge in [0.25, 0.3) is 0 Å². The first kappa shape index (κ1) is 17.7. The molecule has 0 heterocycles. The maximum atomic E-state index is 12.3. The van der Waals surface area contributed by atoms with Crippen LogP contribution in [0.3, 0.4) is 0 Å². The van der Waals surface area contributed by atoms with Gasteiger partial charge in [-0.05, 0) is 61.4 Å². The Balaban J connectivity index is 1.82. The Hall–Kier alpha value is -2.14. The van der Waals surface area contributed by atoms with Crippen LogP contribution in [0.5, 0.6) is 0 Å². The summed E-state index contributed by atoms with van der Waals surface area (Å²) in [6.07, 6.45) is 2.02. The van der Waals surface area contributed by atoms with Crippen LogP contribution < -0.4 is 0 Å². The number of rotatable bonds is 6. The Morgan fingerprint density at radius 3 is 1.92 bits per heavy atom. The molecule has 0 aliphatic heterocycles. The summed E-state index contributed by atoms with van der Waals surface area (Å²) in [6, 6.07) is 14.3. The van der Waals surface area contributed by atoms with E-state index in [1.807, 2.05) is 12.1 Å². The minimum absolute atomic E-state index is 0.241. The average Bonchev–Trinajstić information content (AvgIpc) is 3.38. The van der Waals surface area contributed by atoms with Crippen molar-refractivity contribution in [3.8, 4) is 11.1 Å². The van der Waals surface area contributed by atoms with Gasteiger partial charge in [0.05, 0.1) is 16.1 Å². The van der Waals surface area contributed by atoms with E-state index in [9.17, 15) is 18.3 Å². The van der Waals surface area contributed by atoms with Gasteiger partial charge in [-0.25, -0.2) is 8.42 Å². The van der Waals surface area contributed by atoms with Crippen molar-refractivity contribution in [2.75, 3.05) is 5.75 Å². The molecule has 1 aliphatic rings. The van der Waals surface area contributed by atoms with E-state index in [1.54, 1.807) is 50.2 Å². The molecular formula is C20H22O4S. The summed E-state index contributed by atoms with van der Waals surface area (Å²) < 4.78 is 24.6. The largest absolute Gasteiger partial charge is 0.481 e. The number of carboxylic acids is 1. The van der Waals surface area contributed by atoms with E-state index in [0.717, 1.165) is 29.5 Å². The Morgan fingerprint density at radius 2 is 1.48 bits per heavy atom. The minimum atomic E-state index is -3.20. The summed E-state index contributed by atoms with van der Waals surface area (Å²) in [4.78, 5) is 11.7. The first-order chi connectivity index (χ1) is 11.7. The zero-order valence-electron chi connectivity index (χ0n) is 14.4. The molecule has 1 aliphatic carbocycles. The molecule has 132 valence electrons. The standard InChI is InChI=1S/C20H22O4S/c1-20(2,19(21)22)17-9-5-15(6-10-17)16-7-11-18(12-8-16)25(23,24)13-14-3-4-14/h5-12,14H,3-4,13H2,1-2H3,(H,21,22). The smallest absolute Gasteiger partial charge is 0.313 e. The molecule has 25 heavy (non-hydrogen) atoms. The molecule has 0 spiro atoms. The van der Waals surface area contributed by atoms with Crippen LogP contribution in [0, 0.1) is 5.92 Å². The fraction of sp³-hybridized carbons (Fsp3) is 0.350. The van der Waals surface area contributed by atoms with Crippen molar-refractivity contribution in [1.82, 2.24) is 0 Å². The first-order valence-corrected chi connectivity index (χ1v) is 10.0. The maximum Gasteiger partial charge on any atom is 0.313 e. The summed E-state index contributed by atoms with van der Waals surface area (Å²) >= 11 is 0. The Morgan fingerprint density at radius 1 is 1.00 bits per heavy atom. The second-order valence-corrected chi connectivity index (χ2v) is 9.29. The summed E-state index contributed by atoms with van der Waals surface area (Å²) in [5.41, 5.74) is 1.62. The SMILES string of the molecule is CC(C)(C(=O)O)c1ccc(-c2ccc(S(=O)(=O)CC3CC3)cc2)cc1. The van der Waals surface area contributed by atoms with E-state index in [-0.39, 0.29) is 5.75 Å². The molecule has 0 saturated heterocycles. The second-order valence-electron chi connectivity index (χ2n) is 7.26. The highest BCUT2D eigenvalue weighted by atomic mass is 32.2. The molecule has 0 unspecified atom stereocenters. The summed E-state index contributed by atoms with van der Waals surface area (Å²) in [5, 5.41) is 9.30. The Labute approximate surface area is 148 Å². The van der Waals surface area contributed by atoms with Crippen LogP contribution in [0.1, 0.15) is 32.3 Å². The van der Waals surface area contributed by atoms with Crippen molar-refractivity contribution in [2.45, 2.75) is 37.0 Å². The average molecular weight is 358 g/mol. The van der Waals surface area contributed by atoms with Crippen LogP contribution >= 0.6 is 0 Å². The van der Waals surface area contributed by atoms with Crippen LogP contribution in [-0.4, -0.2) is 25.2 Å². The van der Waals surface area contributed by atoms with Gasteiger partial charge in [0.15, 0.2) is 9.84 Å². The quantitative estimate of drug-likeness (QED) is 0.850. The second kappa shape index (κ2) is 6.30. The molecular weight excluding hydrogens is 336 g/mol. The number of hydrogen-bond donors (Lipinski definition) is 1. The molecule has 2 aromatic rings. The van der Waals surface area contributed by atoms with E-state index in [0.29, 0.717) is 10.8 Å². The fourth-order valence-electron chi connectivity index (χ4n) is 2.75. The number of aliphatic carboxylic acids is 1. The summed E-state index contributed by atoms with van der Waals surface area (Å²) in [6.45, 7) is 3.34. The molecule has 0 aromatic heterocycles. The van der Waals surface area contributed by atoms with Gasteiger partial charge in [-0.15, -0.1) is 0 Å². The molecule has 1 N–H and O–H groups in total. The molecule has 4 nitrogen and oxygen atoms in total. The Kier molecular flexibility index (Phi) is 4.45. The first-order valence-electron chi connectivity index (χ1n) is 8.37. The van der Waals surface area contributed by atoms with E-state index in [2.05, 4.69) is 0 Å². The van der Waals surface area contributed by atoms with Gasteiger partial charge in [-0.1, -0.05) is 36.4 Å². The lowest BCUT2D eigenvalue weighted by Gasteiger charge is -2.19. The van der Waals surface area contributed by atoms with Crippen molar-refractivity contribution in [2.24, 2.45) is 5.92 Å². The highest BCUT2D eigenvalue weighted by Gasteiger charge is 2.30. The van der Waals surface area contributed by atoms with Gasteiger partial charge in [0.1, 0.15) is 0 Å². The topological polar surface area (TPSA) is 71.4 Å². The van der Waals surface area contributed by atoms with Crippen molar-refractivity contribution in [3.05, 3.63) is 54.1 Å². The summed E-state index contributed by atoms with van der Waals surface area (Å²) in [5.74, 6) is -0.300. The monoisotopic (exact) mass is 358 g/mol. The van der Waals surface area contributed by atoms with Gasteiger partial charge in [0, 0.05) is 0 Å². The molecule has 3 rings (SSSR count). The Bertz CT molecular complexity index is 874. The number of hydrogen-bond acceptors (Lipinski definition) is 3. The van der Waals surface area contributed by atoms with E-state index in [1.165, 1.54) is 0 Å². The van der Waals surface area contributed by atoms with Crippen LogP contribution in [0.15, 0.2) is 53.4 Å². The predicted octanol–water partition coefficient (Wildman–Crippen LogP) is 3.90. The highest BCUT2D eigenvalue weighted by molar-refractivity contribution is 7.91. The normalized spacial score (nSPS) is 15.1. The van der Waals surface area contributed by atoms with Crippen molar-refractivity contribution in [3.63, 3.8) is 0 Å². The van der Waals surface area contributed by atoms with Gasteiger partial charge in [0.2, 0.25) is 0 Å². The lowest BCUT2D eigenvalue weighted by Crippen LogP contribution is -2.28. The highest BCUT2D eigenvalue weighted by Crippen LogP contribution is 2.33. The molecule has 1 saturated carbocycles. The number of carbonyl (C=O) groups is 1. The van der Waals surface area contributed by atoms with Crippen molar-refractivity contribution < 1.29 is 18.3 Å². The lowest BCUT2D eigenvalue weighted by molar-refractivity contribution is -0.142. The molecule has 5 heteroatoms. The third kappa shape index (κ3) is 3.76. The maximum absolute atomic E-state index is 12.3. The number of carboxylic acid groups (broad SMARTS) is 1. The third-order valence-electron chi connectivity index (χ3n) is 4.84. The summed E-state index contributed by atoms with van der Waals surface area (Å²) in [7, 11) is -3.20. The van der Waals surface area contributed by atoms with E-state index >= 15 is 0 Å². The van der Waals surface area contributed by atoms with Gasteiger partial charge < -0.3 is 5.11 Å². The van der Waals surface area contributed by atoms with Crippen molar-refractivity contribution in [1.29, 1.82) is 0 Å². The molecule has 0 bridgehead atoms. The number of benzene rings is 2. The zero-order valence-corrected chi connectivity index (χ0v) is 15.2. The molecule has 1 fully saturated rings. The lowest BCUT2D eigenvalue weighted by atomic mass is 9.84.